The summed E-state index contributed by atoms with van der Waals surface area (Å²) in [6, 6.07) is 13.2. The first-order valence-electron chi connectivity index (χ1n) is 8.87. The van der Waals surface area contributed by atoms with E-state index in [1.54, 1.807) is 4.90 Å². The summed E-state index contributed by atoms with van der Waals surface area (Å²) in [7, 11) is -0.978. The van der Waals surface area contributed by atoms with Crippen molar-refractivity contribution in [3.05, 3.63) is 64.7 Å². The Hall–Kier alpha value is -2.42. The van der Waals surface area contributed by atoms with Gasteiger partial charge < -0.3 is 9.64 Å². The number of benzene rings is 2. The molecule has 0 saturated carbocycles. The molecular weight excluding hydrogens is 416 g/mol. The smallest absolute Gasteiger partial charge is 0.340 e. The summed E-state index contributed by atoms with van der Waals surface area (Å²) in [5, 5.41) is 0.0387. The molecule has 2 rings (SSSR count). The minimum absolute atomic E-state index is 0.0387. The minimum Gasteiger partial charge on any atom is -0.452 e. The molecule has 29 heavy (non-hydrogen) atoms. The molecular formula is C20H23ClN2O5S. The van der Waals surface area contributed by atoms with Crippen LogP contribution in [0.5, 0.6) is 0 Å². The van der Waals surface area contributed by atoms with Crippen LogP contribution in [0.3, 0.4) is 0 Å². The van der Waals surface area contributed by atoms with Gasteiger partial charge >= 0.3 is 5.97 Å². The van der Waals surface area contributed by atoms with Crippen LogP contribution >= 0.6 is 11.6 Å². The highest BCUT2D eigenvalue weighted by Gasteiger charge is 2.22. The molecule has 2 aromatic carbocycles. The maximum absolute atomic E-state index is 12.4. The molecule has 0 radical (unpaired) electrons. The summed E-state index contributed by atoms with van der Waals surface area (Å²) < 4.78 is 30.6. The van der Waals surface area contributed by atoms with E-state index >= 15 is 0 Å². The van der Waals surface area contributed by atoms with Crippen LogP contribution in [0.4, 0.5) is 0 Å². The van der Waals surface area contributed by atoms with Crippen LogP contribution < -0.4 is 0 Å². The topological polar surface area (TPSA) is 84.0 Å². The van der Waals surface area contributed by atoms with Gasteiger partial charge in [-0.25, -0.2) is 17.5 Å². The van der Waals surface area contributed by atoms with Crippen LogP contribution in [0.2, 0.25) is 5.02 Å². The molecule has 0 atom stereocenters. The summed E-state index contributed by atoms with van der Waals surface area (Å²) >= 11 is 6.03. The molecule has 0 spiro atoms. The van der Waals surface area contributed by atoms with Gasteiger partial charge in [-0.05, 0) is 30.7 Å². The number of hydrogen-bond acceptors (Lipinski definition) is 5. The number of hydrogen-bond donors (Lipinski definition) is 0. The number of likely N-dealkylation sites (N-methyl/N-ethyl adjacent to an activating group) is 1. The van der Waals surface area contributed by atoms with Gasteiger partial charge in [0.1, 0.15) is 0 Å². The molecule has 0 aliphatic carbocycles. The number of amides is 1. The SMILES string of the molecule is CCN(Cc1ccccc1)C(=O)COC(=O)c1cc(S(=O)(=O)N(C)C)ccc1Cl. The van der Waals surface area contributed by atoms with Gasteiger partial charge in [-0.15, -0.1) is 0 Å². The molecule has 1 amide bonds. The molecule has 0 N–H and O–H groups in total. The summed E-state index contributed by atoms with van der Waals surface area (Å²) in [6.07, 6.45) is 0. The molecule has 0 bridgehead atoms. The Morgan fingerprint density at radius 2 is 1.72 bits per heavy atom. The molecule has 0 saturated heterocycles. The lowest BCUT2D eigenvalue weighted by Gasteiger charge is -2.21. The lowest BCUT2D eigenvalue weighted by molar-refractivity contribution is -0.134. The largest absolute Gasteiger partial charge is 0.452 e. The fraction of sp³-hybridized carbons (Fsp3) is 0.300. The van der Waals surface area contributed by atoms with Crippen LogP contribution in [0.15, 0.2) is 53.4 Å². The molecule has 9 heteroatoms. The van der Waals surface area contributed by atoms with Gasteiger partial charge in [-0.3, -0.25) is 4.79 Å². The van der Waals surface area contributed by atoms with Crippen LogP contribution in [-0.4, -0.2) is 56.7 Å². The van der Waals surface area contributed by atoms with Gasteiger partial charge in [0, 0.05) is 27.2 Å². The second kappa shape index (κ2) is 9.87. The van der Waals surface area contributed by atoms with Crippen LogP contribution in [-0.2, 0) is 26.1 Å². The Bertz CT molecular complexity index is 978. The highest BCUT2D eigenvalue weighted by Crippen LogP contribution is 2.23. The Balaban J connectivity index is 2.09. The first kappa shape index (κ1) is 22.9. The number of sulfonamides is 1. The number of carbonyl (C=O) groups is 2. The zero-order valence-corrected chi connectivity index (χ0v) is 18.0. The van der Waals surface area contributed by atoms with Crippen molar-refractivity contribution < 1.29 is 22.7 Å². The van der Waals surface area contributed by atoms with E-state index in [-0.39, 0.29) is 21.4 Å². The summed E-state index contributed by atoms with van der Waals surface area (Å²) in [5.41, 5.74) is 0.840. The van der Waals surface area contributed by atoms with Crippen molar-refractivity contribution in [3.63, 3.8) is 0 Å². The summed E-state index contributed by atoms with van der Waals surface area (Å²) in [4.78, 5) is 26.3. The normalized spacial score (nSPS) is 11.3. The summed E-state index contributed by atoms with van der Waals surface area (Å²) in [6.45, 7) is 2.20. The standard InChI is InChI=1S/C20H23ClN2O5S/c1-4-23(13-15-8-6-5-7-9-15)19(24)14-28-20(25)17-12-16(10-11-18(17)21)29(26,27)22(2)3/h5-12H,4,13-14H2,1-3H3. The van der Waals surface area contributed by atoms with E-state index in [4.69, 9.17) is 16.3 Å². The fourth-order valence-electron chi connectivity index (χ4n) is 2.51. The Labute approximate surface area is 175 Å². The quantitative estimate of drug-likeness (QED) is 0.592. The van der Waals surface area contributed by atoms with Crippen molar-refractivity contribution >= 4 is 33.5 Å². The van der Waals surface area contributed by atoms with Gasteiger partial charge in [0.15, 0.2) is 6.61 Å². The Morgan fingerprint density at radius 3 is 2.31 bits per heavy atom. The lowest BCUT2D eigenvalue weighted by atomic mass is 10.2. The summed E-state index contributed by atoms with van der Waals surface area (Å²) in [5.74, 6) is -1.23. The van der Waals surface area contributed by atoms with Gasteiger partial charge in [0.25, 0.3) is 5.91 Å². The van der Waals surface area contributed by atoms with E-state index < -0.39 is 22.6 Å². The van der Waals surface area contributed by atoms with Gasteiger partial charge in [-0.1, -0.05) is 41.9 Å². The lowest BCUT2D eigenvalue weighted by Crippen LogP contribution is -2.34. The molecule has 156 valence electrons. The van der Waals surface area contributed by atoms with Gasteiger partial charge in [0.05, 0.1) is 15.5 Å². The average molecular weight is 439 g/mol. The molecule has 0 heterocycles. The molecule has 0 aromatic heterocycles. The van der Waals surface area contributed by atoms with Crippen molar-refractivity contribution in [1.82, 2.24) is 9.21 Å². The molecule has 0 fully saturated rings. The number of rotatable bonds is 8. The van der Waals surface area contributed by atoms with Crippen LogP contribution in [0, 0.1) is 0 Å². The van der Waals surface area contributed by atoms with E-state index in [1.807, 2.05) is 37.3 Å². The zero-order valence-electron chi connectivity index (χ0n) is 16.5. The van der Waals surface area contributed by atoms with Crippen molar-refractivity contribution in [1.29, 1.82) is 0 Å². The van der Waals surface area contributed by atoms with E-state index in [2.05, 4.69) is 0 Å². The molecule has 0 aliphatic heterocycles. The van der Waals surface area contributed by atoms with Crippen molar-refractivity contribution in [2.24, 2.45) is 0 Å². The van der Waals surface area contributed by atoms with E-state index in [1.165, 1.54) is 26.2 Å². The zero-order chi connectivity index (χ0) is 21.6. The third-order valence-electron chi connectivity index (χ3n) is 4.21. The van der Waals surface area contributed by atoms with Gasteiger partial charge in [0.2, 0.25) is 10.0 Å². The predicted octanol–water partition coefficient (Wildman–Crippen LogP) is 2.80. The third kappa shape index (κ3) is 5.79. The van der Waals surface area contributed by atoms with Gasteiger partial charge in [-0.2, -0.15) is 0 Å². The van der Waals surface area contributed by atoms with Crippen molar-refractivity contribution in [2.75, 3.05) is 27.2 Å². The number of ether oxygens (including phenoxy) is 1. The second-order valence-electron chi connectivity index (χ2n) is 6.40. The Kier molecular flexibility index (Phi) is 7.78. The highest BCUT2D eigenvalue weighted by molar-refractivity contribution is 7.89. The molecule has 2 aromatic rings. The monoisotopic (exact) mass is 438 g/mol. The number of esters is 1. The first-order chi connectivity index (χ1) is 13.7. The maximum Gasteiger partial charge on any atom is 0.340 e. The van der Waals surface area contributed by atoms with Crippen molar-refractivity contribution in [2.45, 2.75) is 18.4 Å². The maximum atomic E-state index is 12.4. The minimum atomic E-state index is -3.74. The predicted molar refractivity (Wildman–Crippen MR) is 110 cm³/mol. The molecule has 7 nitrogen and oxygen atoms in total. The first-order valence-corrected chi connectivity index (χ1v) is 10.7. The van der Waals surface area contributed by atoms with E-state index in [0.29, 0.717) is 13.1 Å². The number of carbonyl (C=O) groups excluding carboxylic acids is 2. The number of halogens is 1. The molecule has 0 unspecified atom stereocenters. The van der Waals surface area contributed by atoms with E-state index in [0.717, 1.165) is 15.9 Å². The van der Waals surface area contributed by atoms with Crippen LogP contribution in [0.1, 0.15) is 22.8 Å². The average Bonchev–Trinajstić information content (AvgIpc) is 2.70. The second-order valence-corrected chi connectivity index (χ2v) is 8.96. The van der Waals surface area contributed by atoms with Crippen LogP contribution in [0.25, 0.3) is 0 Å². The highest BCUT2D eigenvalue weighted by atomic mass is 35.5. The third-order valence-corrected chi connectivity index (χ3v) is 6.35. The Morgan fingerprint density at radius 1 is 1.07 bits per heavy atom. The van der Waals surface area contributed by atoms with Crippen molar-refractivity contribution in [3.8, 4) is 0 Å². The molecule has 0 aliphatic rings. The number of nitrogens with zero attached hydrogens (tertiary/aromatic N) is 2. The fourth-order valence-corrected chi connectivity index (χ4v) is 3.63. The van der Waals surface area contributed by atoms with E-state index in [9.17, 15) is 18.0 Å².